The van der Waals surface area contributed by atoms with Crippen LogP contribution in [0.2, 0.25) is 0 Å². The van der Waals surface area contributed by atoms with E-state index in [4.69, 9.17) is 6.42 Å². The zero-order valence-corrected chi connectivity index (χ0v) is 11.6. The molecule has 0 aromatic carbocycles. The second kappa shape index (κ2) is 6.29. The molecule has 0 radical (unpaired) electrons. The molecule has 1 aromatic heterocycles. The summed E-state index contributed by atoms with van der Waals surface area (Å²) in [6.07, 6.45) is 9.42. The van der Waals surface area contributed by atoms with E-state index in [2.05, 4.69) is 26.4 Å². The molecule has 2 rings (SSSR count). The molecule has 104 valence electrons. The van der Waals surface area contributed by atoms with Crippen molar-refractivity contribution < 1.29 is 4.79 Å². The first-order valence-corrected chi connectivity index (χ1v) is 6.69. The minimum absolute atomic E-state index is 0.00274. The summed E-state index contributed by atoms with van der Waals surface area (Å²) in [5.41, 5.74) is 1.58. The van der Waals surface area contributed by atoms with Gasteiger partial charge in [0, 0.05) is 44.1 Å². The fraction of sp³-hybridized carbons (Fsp3) is 0.467. The highest BCUT2D eigenvalue weighted by atomic mass is 16.1. The number of aromatic nitrogens is 1. The molecule has 1 N–H and O–H groups in total. The quantitative estimate of drug-likeness (QED) is 0.773. The highest BCUT2D eigenvalue weighted by molar-refractivity contribution is 5.76. The molecule has 0 bridgehead atoms. The van der Waals surface area contributed by atoms with Gasteiger partial charge in [-0.05, 0) is 18.6 Å². The Morgan fingerprint density at radius 2 is 2.20 bits per heavy atom. The van der Waals surface area contributed by atoms with Crippen molar-refractivity contribution in [2.45, 2.75) is 44.8 Å². The van der Waals surface area contributed by atoms with Crippen LogP contribution in [0.25, 0.3) is 0 Å². The highest BCUT2D eigenvalue weighted by Gasteiger charge is 2.39. The van der Waals surface area contributed by atoms with Crippen LogP contribution in [0.15, 0.2) is 28.6 Å². The van der Waals surface area contributed by atoms with Gasteiger partial charge in [-0.25, -0.2) is 0 Å². The lowest BCUT2D eigenvalue weighted by molar-refractivity contribution is -0.121. The number of amides is 1. The molecule has 0 saturated carbocycles. The van der Waals surface area contributed by atoms with Gasteiger partial charge in [-0.3, -0.25) is 9.78 Å². The Kier molecular flexibility index (Phi) is 4.46. The van der Waals surface area contributed by atoms with E-state index in [1.54, 1.807) is 6.20 Å². The van der Waals surface area contributed by atoms with Gasteiger partial charge in [0.25, 0.3) is 0 Å². The number of carbonyl (C=O) groups excluding carboxylic acids is 1. The first-order valence-electron chi connectivity index (χ1n) is 6.69. The molecule has 1 aromatic rings. The van der Waals surface area contributed by atoms with Crippen molar-refractivity contribution in [1.82, 2.24) is 10.3 Å². The van der Waals surface area contributed by atoms with E-state index in [1.165, 1.54) is 0 Å². The van der Waals surface area contributed by atoms with Gasteiger partial charge >= 0.3 is 0 Å². The van der Waals surface area contributed by atoms with Crippen molar-refractivity contribution in [1.29, 1.82) is 0 Å². The van der Waals surface area contributed by atoms with Crippen LogP contribution in [0.1, 0.15) is 36.9 Å². The molecule has 5 nitrogen and oxygen atoms in total. The fourth-order valence-corrected chi connectivity index (χ4v) is 1.87. The van der Waals surface area contributed by atoms with Gasteiger partial charge in [-0.15, -0.1) is 12.3 Å². The summed E-state index contributed by atoms with van der Waals surface area (Å²) in [6, 6.07) is 3.89. The van der Waals surface area contributed by atoms with Crippen LogP contribution >= 0.6 is 0 Å². The van der Waals surface area contributed by atoms with Crippen molar-refractivity contribution in [3.05, 3.63) is 29.6 Å². The molecule has 20 heavy (non-hydrogen) atoms. The van der Waals surface area contributed by atoms with E-state index in [0.717, 1.165) is 17.7 Å². The third-order valence-corrected chi connectivity index (χ3v) is 3.27. The molecule has 2 heterocycles. The zero-order valence-electron chi connectivity index (χ0n) is 11.6. The Bertz CT molecular complexity index is 536. The number of carbonyl (C=O) groups is 1. The van der Waals surface area contributed by atoms with Gasteiger partial charge in [-0.1, -0.05) is 6.07 Å². The minimum Gasteiger partial charge on any atom is -0.352 e. The summed E-state index contributed by atoms with van der Waals surface area (Å²) in [7, 11) is 0. The van der Waals surface area contributed by atoms with Gasteiger partial charge in [0.1, 0.15) is 0 Å². The van der Waals surface area contributed by atoms with Gasteiger partial charge < -0.3 is 5.32 Å². The van der Waals surface area contributed by atoms with E-state index in [1.807, 2.05) is 19.1 Å². The Hall–Kier alpha value is -2.22. The zero-order chi connectivity index (χ0) is 14.4. The predicted octanol–water partition coefficient (Wildman–Crippen LogP) is 2.36. The molecular weight excluding hydrogens is 252 g/mol. The predicted molar refractivity (Wildman–Crippen MR) is 75.7 cm³/mol. The smallest absolute Gasteiger partial charge is 0.220 e. The minimum atomic E-state index is -0.380. The monoisotopic (exact) mass is 270 g/mol. The van der Waals surface area contributed by atoms with Gasteiger partial charge in [0.15, 0.2) is 5.66 Å². The number of nitrogens with zero attached hydrogens (tertiary/aromatic N) is 3. The van der Waals surface area contributed by atoms with Crippen molar-refractivity contribution in [3.8, 4) is 12.3 Å². The topological polar surface area (TPSA) is 66.7 Å². The standard InChI is InChI=1S/C15H18N4O/c1-3-4-8-15(18-19-15)9-7-14(20)17-11-13-6-5-12(2)16-10-13/h1,5-6,10H,4,7-9,11H2,2H3,(H,17,20). The van der Waals surface area contributed by atoms with Gasteiger partial charge in [0.05, 0.1) is 0 Å². The maximum atomic E-state index is 11.8. The van der Waals surface area contributed by atoms with Crippen LogP contribution in [0.5, 0.6) is 0 Å². The molecule has 0 atom stereocenters. The Morgan fingerprint density at radius 3 is 2.80 bits per heavy atom. The third kappa shape index (κ3) is 4.16. The lowest BCUT2D eigenvalue weighted by atomic mass is 10.0. The molecular formula is C15H18N4O. The van der Waals surface area contributed by atoms with Crippen molar-refractivity contribution >= 4 is 5.91 Å². The van der Waals surface area contributed by atoms with E-state index >= 15 is 0 Å². The number of terminal acetylenes is 1. The molecule has 1 aliphatic rings. The lowest BCUT2D eigenvalue weighted by Gasteiger charge is -2.09. The van der Waals surface area contributed by atoms with E-state index in [-0.39, 0.29) is 11.6 Å². The van der Waals surface area contributed by atoms with Gasteiger partial charge in [0.2, 0.25) is 5.91 Å². The number of rotatable bonds is 7. The lowest BCUT2D eigenvalue weighted by Crippen LogP contribution is -2.24. The summed E-state index contributed by atoms with van der Waals surface area (Å²) in [4.78, 5) is 16.0. The Morgan fingerprint density at radius 1 is 1.40 bits per heavy atom. The molecule has 0 aliphatic carbocycles. The SMILES string of the molecule is C#CCCC1(CCC(=O)NCc2ccc(C)nc2)N=N1. The molecule has 0 spiro atoms. The van der Waals surface area contributed by atoms with Crippen LogP contribution in [-0.2, 0) is 11.3 Å². The van der Waals surface area contributed by atoms with Crippen LogP contribution < -0.4 is 5.32 Å². The van der Waals surface area contributed by atoms with E-state index < -0.39 is 0 Å². The van der Waals surface area contributed by atoms with Gasteiger partial charge in [-0.2, -0.15) is 10.2 Å². The third-order valence-electron chi connectivity index (χ3n) is 3.27. The molecule has 1 amide bonds. The van der Waals surface area contributed by atoms with Crippen LogP contribution in [-0.4, -0.2) is 16.6 Å². The second-order valence-electron chi connectivity index (χ2n) is 4.97. The van der Waals surface area contributed by atoms with E-state index in [0.29, 0.717) is 25.8 Å². The summed E-state index contributed by atoms with van der Waals surface area (Å²) >= 11 is 0. The summed E-state index contributed by atoms with van der Waals surface area (Å²) in [5, 5.41) is 10.9. The Labute approximate surface area is 118 Å². The first kappa shape index (κ1) is 14.2. The second-order valence-corrected chi connectivity index (χ2v) is 4.97. The number of hydrogen-bond acceptors (Lipinski definition) is 4. The number of pyridine rings is 1. The molecule has 0 fully saturated rings. The fourth-order valence-electron chi connectivity index (χ4n) is 1.87. The molecule has 0 saturated heterocycles. The van der Waals surface area contributed by atoms with Crippen LogP contribution in [0.4, 0.5) is 0 Å². The first-order chi connectivity index (χ1) is 9.63. The van der Waals surface area contributed by atoms with Crippen molar-refractivity contribution in [3.63, 3.8) is 0 Å². The highest BCUT2D eigenvalue weighted by Crippen LogP contribution is 2.37. The number of aryl methyl sites for hydroxylation is 1. The largest absolute Gasteiger partial charge is 0.352 e. The maximum absolute atomic E-state index is 11.8. The van der Waals surface area contributed by atoms with E-state index in [9.17, 15) is 4.79 Å². The molecule has 1 aliphatic heterocycles. The number of nitrogens with one attached hydrogen (secondary N) is 1. The molecule has 0 unspecified atom stereocenters. The van der Waals surface area contributed by atoms with Crippen molar-refractivity contribution in [2.75, 3.05) is 0 Å². The Balaban J connectivity index is 1.68. The average molecular weight is 270 g/mol. The summed E-state index contributed by atoms with van der Waals surface area (Å²) < 4.78 is 0. The maximum Gasteiger partial charge on any atom is 0.220 e. The van der Waals surface area contributed by atoms with Crippen molar-refractivity contribution in [2.24, 2.45) is 10.2 Å². The van der Waals surface area contributed by atoms with Crippen LogP contribution in [0.3, 0.4) is 0 Å². The summed E-state index contributed by atoms with van der Waals surface area (Å²) in [6.45, 7) is 2.43. The average Bonchev–Trinajstić information content (AvgIpc) is 3.23. The molecule has 5 heteroatoms. The normalized spacial score (nSPS) is 14.6. The number of hydrogen-bond donors (Lipinski definition) is 1. The summed E-state index contributed by atoms with van der Waals surface area (Å²) in [5.74, 6) is 2.58. The van der Waals surface area contributed by atoms with Crippen LogP contribution in [0, 0.1) is 19.3 Å².